The predicted octanol–water partition coefficient (Wildman–Crippen LogP) is 1.10. The largest absolute Gasteiger partial charge is 0.329 e. The summed E-state index contributed by atoms with van der Waals surface area (Å²) in [5.41, 5.74) is 12.5. The minimum Gasteiger partial charge on any atom is -0.329 e. The van der Waals surface area contributed by atoms with Crippen LogP contribution in [0.4, 0.5) is 0 Å². The lowest BCUT2D eigenvalue weighted by Crippen LogP contribution is -2.68. The molecule has 3 aliphatic carbocycles. The minimum atomic E-state index is -0.0434. The lowest BCUT2D eigenvalue weighted by Gasteiger charge is -2.64. The van der Waals surface area contributed by atoms with Crippen molar-refractivity contribution in [1.82, 2.24) is 0 Å². The molecule has 0 heterocycles. The third-order valence-electron chi connectivity index (χ3n) is 4.50. The summed E-state index contributed by atoms with van der Waals surface area (Å²) in [6, 6.07) is 0. The van der Waals surface area contributed by atoms with E-state index in [9.17, 15) is 0 Å². The molecule has 0 aromatic carbocycles. The normalized spacial score (nSPS) is 50.0. The van der Waals surface area contributed by atoms with E-state index >= 15 is 0 Å². The van der Waals surface area contributed by atoms with Crippen molar-refractivity contribution in [3.05, 3.63) is 0 Å². The molecule has 0 aromatic heterocycles. The number of nitrogens with two attached hydrogens (primary N) is 2. The van der Waals surface area contributed by atoms with Gasteiger partial charge in [-0.05, 0) is 36.5 Å². The van der Waals surface area contributed by atoms with Gasteiger partial charge in [0, 0.05) is 12.1 Å². The van der Waals surface area contributed by atoms with Crippen molar-refractivity contribution in [2.24, 2.45) is 28.7 Å². The highest BCUT2D eigenvalue weighted by Gasteiger charge is 2.58. The van der Waals surface area contributed by atoms with Gasteiger partial charge in [0.25, 0.3) is 0 Å². The van der Waals surface area contributed by atoms with E-state index in [1.54, 1.807) is 0 Å². The van der Waals surface area contributed by atoms with Crippen LogP contribution in [-0.4, -0.2) is 12.1 Å². The maximum absolute atomic E-state index is 6.29. The highest BCUT2D eigenvalue weighted by atomic mass is 14.9. The molecular weight excluding hydrogens is 148 g/mol. The van der Waals surface area contributed by atoms with Crippen molar-refractivity contribution in [2.45, 2.75) is 38.6 Å². The topological polar surface area (TPSA) is 52.0 Å². The molecule has 2 bridgehead atoms. The van der Waals surface area contributed by atoms with Gasteiger partial charge in [0.15, 0.2) is 0 Å². The SMILES string of the molecule is CC1(C)[C@H]2CC[C@@](N)(CN)[C@@H]1C2. The highest BCUT2D eigenvalue weighted by molar-refractivity contribution is 5.12. The van der Waals surface area contributed by atoms with Crippen molar-refractivity contribution in [2.75, 3.05) is 6.54 Å². The maximum Gasteiger partial charge on any atom is 0.0312 e. The zero-order valence-electron chi connectivity index (χ0n) is 8.14. The Kier molecular flexibility index (Phi) is 1.59. The van der Waals surface area contributed by atoms with Crippen LogP contribution in [0.2, 0.25) is 0 Å². The van der Waals surface area contributed by atoms with Crippen molar-refractivity contribution in [1.29, 1.82) is 0 Å². The van der Waals surface area contributed by atoms with Gasteiger partial charge in [-0.2, -0.15) is 0 Å². The second kappa shape index (κ2) is 2.24. The fourth-order valence-electron chi connectivity index (χ4n) is 3.34. The van der Waals surface area contributed by atoms with Gasteiger partial charge in [0.05, 0.1) is 0 Å². The second-order valence-corrected chi connectivity index (χ2v) is 5.28. The van der Waals surface area contributed by atoms with E-state index in [4.69, 9.17) is 11.5 Å². The van der Waals surface area contributed by atoms with E-state index < -0.39 is 0 Å². The van der Waals surface area contributed by atoms with Gasteiger partial charge in [-0.25, -0.2) is 0 Å². The molecule has 0 spiro atoms. The third-order valence-corrected chi connectivity index (χ3v) is 4.50. The zero-order chi connectivity index (χ0) is 8.98. The molecule has 0 unspecified atom stereocenters. The summed E-state index contributed by atoms with van der Waals surface area (Å²) in [5, 5.41) is 0. The molecule has 2 heteroatoms. The molecule has 3 fully saturated rings. The average molecular weight is 168 g/mol. The maximum atomic E-state index is 6.29. The van der Waals surface area contributed by atoms with Crippen LogP contribution in [-0.2, 0) is 0 Å². The van der Waals surface area contributed by atoms with Gasteiger partial charge in [0.2, 0.25) is 0 Å². The van der Waals surface area contributed by atoms with E-state index in [1.807, 2.05) is 0 Å². The molecule has 0 aromatic rings. The molecule has 0 radical (unpaired) electrons. The van der Waals surface area contributed by atoms with Gasteiger partial charge in [-0.3, -0.25) is 0 Å². The summed E-state index contributed by atoms with van der Waals surface area (Å²) in [6.07, 6.45) is 3.75. The Morgan fingerprint density at radius 2 is 2.08 bits per heavy atom. The lowest BCUT2D eigenvalue weighted by molar-refractivity contribution is -0.114. The average Bonchev–Trinajstić information content (AvgIpc) is 2.04. The Labute approximate surface area is 74.7 Å². The quantitative estimate of drug-likeness (QED) is 0.616. The number of hydrogen-bond donors (Lipinski definition) is 2. The first kappa shape index (κ1) is 8.52. The van der Waals surface area contributed by atoms with E-state index in [0.29, 0.717) is 17.9 Å². The Balaban J connectivity index is 2.21. The first-order valence-corrected chi connectivity index (χ1v) is 4.99. The summed E-state index contributed by atoms with van der Waals surface area (Å²) in [7, 11) is 0. The molecule has 3 atom stereocenters. The molecule has 0 saturated heterocycles. The van der Waals surface area contributed by atoms with E-state index in [0.717, 1.165) is 12.3 Å². The van der Waals surface area contributed by atoms with Crippen molar-refractivity contribution >= 4 is 0 Å². The van der Waals surface area contributed by atoms with Crippen LogP contribution in [0, 0.1) is 17.3 Å². The van der Waals surface area contributed by atoms with Crippen LogP contribution in [0.15, 0.2) is 0 Å². The molecule has 0 amide bonds. The van der Waals surface area contributed by atoms with Crippen LogP contribution in [0.3, 0.4) is 0 Å². The molecule has 3 rings (SSSR count). The smallest absolute Gasteiger partial charge is 0.0312 e. The van der Waals surface area contributed by atoms with Gasteiger partial charge in [-0.1, -0.05) is 13.8 Å². The summed E-state index contributed by atoms with van der Waals surface area (Å²) in [5.74, 6) is 1.60. The van der Waals surface area contributed by atoms with Gasteiger partial charge >= 0.3 is 0 Å². The van der Waals surface area contributed by atoms with Crippen LogP contribution >= 0.6 is 0 Å². The summed E-state index contributed by atoms with van der Waals surface area (Å²) < 4.78 is 0. The van der Waals surface area contributed by atoms with Crippen molar-refractivity contribution in [3.63, 3.8) is 0 Å². The molecule has 12 heavy (non-hydrogen) atoms. The Morgan fingerprint density at radius 3 is 2.42 bits per heavy atom. The number of fused-ring (bicyclic) bond motifs is 2. The van der Waals surface area contributed by atoms with Gasteiger partial charge in [0.1, 0.15) is 0 Å². The molecule has 70 valence electrons. The van der Waals surface area contributed by atoms with E-state index in [1.165, 1.54) is 12.8 Å². The van der Waals surface area contributed by atoms with Crippen LogP contribution in [0.1, 0.15) is 33.1 Å². The van der Waals surface area contributed by atoms with Crippen LogP contribution in [0.25, 0.3) is 0 Å². The Hall–Kier alpha value is -0.0800. The van der Waals surface area contributed by atoms with Gasteiger partial charge in [-0.15, -0.1) is 0 Å². The summed E-state index contributed by atoms with van der Waals surface area (Å²) >= 11 is 0. The summed E-state index contributed by atoms with van der Waals surface area (Å²) in [6.45, 7) is 5.36. The van der Waals surface area contributed by atoms with Crippen molar-refractivity contribution < 1.29 is 0 Å². The monoisotopic (exact) mass is 168 g/mol. The lowest BCUT2D eigenvalue weighted by atomic mass is 9.43. The second-order valence-electron chi connectivity index (χ2n) is 5.28. The number of hydrogen-bond acceptors (Lipinski definition) is 2. The Morgan fingerprint density at radius 1 is 1.42 bits per heavy atom. The first-order chi connectivity index (χ1) is 5.50. The minimum absolute atomic E-state index is 0.0434. The highest BCUT2D eigenvalue weighted by Crippen LogP contribution is 2.61. The zero-order valence-corrected chi connectivity index (χ0v) is 8.14. The molecule has 2 nitrogen and oxygen atoms in total. The predicted molar refractivity (Wildman–Crippen MR) is 50.6 cm³/mol. The van der Waals surface area contributed by atoms with Crippen molar-refractivity contribution in [3.8, 4) is 0 Å². The molecular formula is C10H20N2. The third kappa shape index (κ3) is 0.826. The standard InChI is InChI=1S/C10H20N2/c1-9(2)7-3-4-10(12,6-11)8(9)5-7/h7-8H,3-6,11-12H2,1-2H3/t7-,8+,10+/m0/s1. The van der Waals surface area contributed by atoms with E-state index in [-0.39, 0.29) is 5.54 Å². The first-order valence-electron chi connectivity index (χ1n) is 4.99. The number of rotatable bonds is 1. The molecule has 0 aliphatic heterocycles. The molecule has 4 N–H and O–H groups in total. The Bertz CT molecular complexity index is 198. The fraction of sp³-hybridized carbons (Fsp3) is 1.00. The molecule has 3 aliphatic rings. The molecule has 3 saturated carbocycles. The summed E-state index contributed by atoms with van der Waals surface area (Å²) in [4.78, 5) is 0. The fourth-order valence-corrected chi connectivity index (χ4v) is 3.34. The van der Waals surface area contributed by atoms with Crippen LogP contribution < -0.4 is 11.5 Å². The van der Waals surface area contributed by atoms with Gasteiger partial charge < -0.3 is 11.5 Å². The van der Waals surface area contributed by atoms with Crippen LogP contribution in [0.5, 0.6) is 0 Å². The van der Waals surface area contributed by atoms with E-state index in [2.05, 4.69) is 13.8 Å².